The molecule has 4 rings (SSSR count). The smallest absolute Gasteiger partial charge is 0.276 e. The lowest BCUT2D eigenvalue weighted by atomic mass is 10.1. The van der Waals surface area contributed by atoms with Gasteiger partial charge in [-0.15, -0.1) is 28.1 Å². The van der Waals surface area contributed by atoms with Crippen LogP contribution in [-0.4, -0.2) is 23.3 Å². The van der Waals surface area contributed by atoms with Gasteiger partial charge in [0.2, 0.25) is 4.80 Å². The number of allylic oxidation sites excluding steroid dienone is 1. The van der Waals surface area contributed by atoms with Gasteiger partial charge in [0.25, 0.3) is 5.91 Å². The zero-order valence-electron chi connectivity index (χ0n) is 15.3. The van der Waals surface area contributed by atoms with Crippen molar-refractivity contribution in [2.45, 2.75) is 6.54 Å². The number of hydrogen-bond acceptors (Lipinski definition) is 5. The van der Waals surface area contributed by atoms with E-state index in [0.717, 1.165) is 28.3 Å². The van der Waals surface area contributed by atoms with Crippen LogP contribution >= 0.6 is 11.3 Å². The minimum absolute atomic E-state index is 0.243. The Morgan fingerprint density at radius 1 is 1.18 bits per heavy atom. The third kappa shape index (κ3) is 3.27. The molecule has 6 nitrogen and oxygen atoms in total. The molecule has 0 atom stereocenters. The van der Waals surface area contributed by atoms with E-state index < -0.39 is 0 Å². The van der Waals surface area contributed by atoms with Crippen molar-refractivity contribution in [3.8, 4) is 17.0 Å². The summed E-state index contributed by atoms with van der Waals surface area (Å²) >= 11 is 1.47. The molecule has 2 heterocycles. The highest BCUT2D eigenvalue weighted by atomic mass is 32.1. The fourth-order valence-electron chi connectivity index (χ4n) is 3.00. The van der Waals surface area contributed by atoms with Gasteiger partial charge in [-0.3, -0.25) is 4.79 Å². The molecular weight excluding hydrogens is 372 g/mol. The van der Waals surface area contributed by atoms with Gasteiger partial charge in [0, 0.05) is 17.5 Å². The SMILES string of the molecule is C=CCn1c(-c2ccc(OC)cc2)cs/c1=N/N=C1\C(=O)Nc2ccccc21. The third-order valence-corrected chi connectivity index (χ3v) is 5.23. The number of thiazole rings is 1. The first-order valence-corrected chi connectivity index (χ1v) is 9.55. The lowest BCUT2D eigenvalue weighted by Crippen LogP contribution is -2.17. The summed E-state index contributed by atoms with van der Waals surface area (Å²) in [4.78, 5) is 12.9. The number of hydrogen-bond donors (Lipinski definition) is 1. The first-order valence-electron chi connectivity index (χ1n) is 8.67. The first-order chi connectivity index (χ1) is 13.7. The summed E-state index contributed by atoms with van der Waals surface area (Å²) in [5, 5.41) is 13.5. The average molecular weight is 390 g/mol. The maximum absolute atomic E-state index is 12.2. The van der Waals surface area contributed by atoms with Gasteiger partial charge in [-0.05, 0) is 35.9 Å². The Labute approximate surface area is 166 Å². The average Bonchev–Trinajstić information content (AvgIpc) is 3.27. The number of ether oxygens (including phenoxy) is 1. The van der Waals surface area contributed by atoms with Crippen LogP contribution in [0.4, 0.5) is 5.69 Å². The van der Waals surface area contributed by atoms with Crippen molar-refractivity contribution in [1.29, 1.82) is 0 Å². The lowest BCUT2D eigenvalue weighted by Gasteiger charge is -2.07. The molecule has 1 aromatic heterocycles. The zero-order valence-corrected chi connectivity index (χ0v) is 16.1. The van der Waals surface area contributed by atoms with Crippen LogP contribution in [0.2, 0.25) is 0 Å². The van der Waals surface area contributed by atoms with Crippen LogP contribution in [0.25, 0.3) is 11.3 Å². The summed E-state index contributed by atoms with van der Waals surface area (Å²) < 4.78 is 7.24. The monoisotopic (exact) mass is 390 g/mol. The van der Waals surface area contributed by atoms with Gasteiger partial charge in [-0.2, -0.15) is 0 Å². The molecular formula is C21H18N4O2S. The van der Waals surface area contributed by atoms with Crippen LogP contribution in [0.15, 0.2) is 76.8 Å². The molecule has 1 N–H and O–H groups in total. The standard InChI is InChI=1S/C21H18N4O2S/c1-3-12-25-18(14-8-10-15(27-2)11-9-14)13-28-21(25)24-23-19-16-6-4-5-7-17(16)22-20(19)26/h3-11,13H,1,12H2,2H3,(H,22,23,26)/b24-21+. The van der Waals surface area contributed by atoms with Crippen LogP contribution < -0.4 is 14.9 Å². The fraction of sp³-hybridized carbons (Fsp3) is 0.0952. The molecule has 1 aliphatic heterocycles. The van der Waals surface area contributed by atoms with Gasteiger partial charge in [0.15, 0.2) is 5.71 Å². The quantitative estimate of drug-likeness (QED) is 0.534. The van der Waals surface area contributed by atoms with Crippen molar-refractivity contribution < 1.29 is 9.53 Å². The molecule has 0 saturated carbocycles. The normalized spacial score (nSPS) is 14.8. The fourth-order valence-corrected chi connectivity index (χ4v) is 3.87. The highest BCUT2D eigenvalue weighted by Crippen LogP contribution is 2.24. The lowest BCUT2D eigenvalue weighted by molar-refractivity contribution is -0.110. The summed E-state index contributed by atoms with van der Waals surface area (Å²) in [6.07, 6.45) is 1.81. The number of amides is 1. The summed E-state index contributed by atoms with van der Waals surface area (Å²) in [6, 6.07) is 15.3. The molecule has 0 radical (unpaired) electrons. The summed E-state index contributed by atoms with van der Waals surface area (Å²) in [5.41, 5.74) is 3.88. The van der Waals surface area contributed by atoms with E-state index in [1.54, 1.807) is 7.11 Å². The molecule has 1 aliphatic rings. The van der Waals surface area contributed by atoms with E-state index in [1.165, 1.54) is 11.3 Å². The number of benzene rings is 2. The van der Waals surface area contributed by atoms with Gasteiger partial charge in [-0.1, -0.05) is 24.3 Å². The maximum atomic E-state index is 12.2. The molecule has 140 valence electrons. The van der Waals surface area contributed by atoms with E-state index in [-0.39, 0.29) is 5.91 Å². The molecule has 0 spiro atoms. The number of para-hydroxylation sites is 1. The van der Waals surface area contributed by atoms with E-state index >= 15 is 0 Å². The second-order valence-corrected chi connectivity index (χ2v) is 6.92. The molecule has 0 fully saturated rings. The second kappa shape index (κ2) is 7.66. The van der Waals surface area contributed by atoms with Gasteiger partial charge in [-0.25, -0.2) is 0 Å². The Morgan fingerprint density at radius 3 is 2.71 bits per heavy atom. The first kappa shape index (κ1) is 17.9. The Balaban J connectivity index is 1.77. The summed E-state index contributed by atoms with van der Waals surface area (Å²) in [7, 11) is 1.64. The van der Waals surface area contributed by atoms with Crippen molar-refractivity contribution in [2.24, 2.45) is 10.2 Å². The molecule has 3 aromatic rings. The number of methoxy groups -OCH3 is 1. The minimum atomic E-state index is -0.243. The van der Waals surface area contributed by atoms with Crippen LogP contribution in [0.1, 0.15) is 5.56 Å². The number of carbonyl (C=O) groups is 1. The predicted octanol–water partition coefficient (Wildman–Crippen LogP) is 3.67. The molecule has 0 bridgehead atoms. The zero-order chi connectivity index (χ0) is 19.5. The predicted molar refractivity (Wildman–Crippen MR) is 112 cm³/mol. The molecule has 0 unspecified atom stereocenters. The van der Waals surface area contributed by atoms with Crippen LogP contribution in [-0.2, 0) is 11.3 Å². The maximum Gasteiger partial charge on any atom is 0.276 e. The second-order valence-electron chi connectivity index (χ2n) is 6.08. The molecule has 1 amide bonds. The van der Waals surface area contributed by atoms with Crippen LogP contribution in [0.5, 0.6) is 5.75 Å². The van der Waals surface area contributed by atoms with Crippen molar-refractivity contribution in [3.63, 3.8) is 0 Å². The van der Waals surface area contributed by atoms with E-state index in [2.05, 4.69) is 22.1 Å². The molecule has 7 heteroatoms. The van der Waals surface area contributed by atoms with Crippen LogP contribution in [0.3, 0.4) is 0 Å². The highest BCUT2D eigenvalue weighted by molar-refractivity contribution is 7.07. The Kier molecular flexibility index (Phi) is 4.90. The van der Waals surface area contributed by atoms with E-state index in [4.69, 9.17) is 4.74 Å². The number of rotatable bonds is 5. The number of fused-ring (bicyclic) bond motifs is 1. The Bertz CT molecular complexity index is 1140. The van der Waals surface area contributed by atoms with E-state index in [0.29, 0.717) is 17.1 Å². The summed E-state index contributed by atoms with van der Waals surface area (Å²) in [6.45, 7) is 4.42. The minimum Gasteiger partial charge on any atom is -0.497 e. The van der Waals surface area contributed by atoms with Crippen molar-refractivity contribution >= 4 is 28.6 Å². The van der Waals surface area contributed by atoms with Gasteiger partial charge >= 0.3 is 0 Å². The number of carbonyl (C=O) groups excluding carboxylic acids is 1. The van der Waals surface area contributed by atoms with Crippen LogP contribution in [0, 0.1) is 0 Å². The molecule has 2 aromatic carbocycles. The number of nitrogens with one attached hydrogen (secondary N) is 1. The van der Waals surface area contributed by atoms with Gasteiger partial charge in [0.1, 0.15) is 5.75 Å². The van der Waals surface area contributed by atoms with Crippen molar-refractivity contribution in [3.05, 3.63) is 76.9 Å². The number of aromatic nitrogens is 1. The Morgan fingerprint density at radius 2 is 1.96 bits per heavy atom. The van der Waals surface area contributed by atoms with Crippen molar-refractivity contribution in [2.75, 3.05) is 12.4 Å². The van der Waals surface area contributed by atoms with E-state index in [9.17, 15) is 4.79 Å². The molecule has 28 heavy (non-hydrogen) atoms. The topological polar surface area (TPSA) is 68.0 Å². The molecule has 0 saturated heterocycles. The van der Waals surface area contributed by atoms with Gasteiger partial charge in [0.05, 0.1) is 18.5 Å². The van der Waals surface area contributed by atoms with E-state index in [1.807, 2.05) is 64.6 Å². The largest absolute Gasteiger partial charge is 0.497 e. The number of anilines is 1. The third-order valence-electron chi connectivity index (χ3n) is 4.38. The Hall–Kier alpha value is -3.45. The van der Waals surface area contributed by atoms with Gasteiger partial charge < -0.3 is 14.6 Å². The van der Waals surface area contributed by atoms with Crippen molar-refractivity contribution in [1.82, 2.24) is 4.57 Å². The summed E-state index contributed by atoms with van der Waals surface area (Å²) in [5.74, 6) is 0.559. The number of nitrogens with zero attached hydrogens (tertiary/aromatic N) is 3. The molecule has 0 aliphatic carbocycles. The highest BCUT2D eigenvalue weighted by Gasteiger charge is 2.25.